The summed E-state index contributed by atoms with van der Waals surface area (Å²) in [6.45, 7) is 11.7. The first-order chi connectivity index (χ1) is 6.85. The topological polar surface area (TPSA) is 41.1 Å². The van der Waals surface area contributed by atoms with Crippen molar-refractivity contribution < 1.29 is 4.79 Å². The Labute approximate surface area is 94.0 Å². The lowest BCUT2D eigenvalue weighted by molar-refractivity contribution is -0.121. The van der Waals surface area contributed by atoms with Gasteiger partial charge in [-0.1, -0.05) is 20.3 Å². The third-order valence-corrected chi connectivity index (χ3v) is 2.07. The number of rotatable bonds is 6. The highest BCUT2D eigenvalue weighted by Gasteiger charge is 2.13. The first-order valence-electron chi connectivity index (χ1n) is 5.87. The van der Waals surface area contributed by atoms with Gasteiger partial charge in [0, 0.05) is 5.54 Å². The van der Waals surface area contributed by atoms with Crippen LogP contribution in [0.5, 0.6) is 0 Å². The highest BCUT2D eigenvalue weighted by molar-refractivity contribution is 5.78. The third-order valence-electron chi connectivity index (χ3n) is 2.07. The van der Waals surface area contributed by atoms with E-state index in [-0.39, 0.29) is 11.4 Å². The second kappa shape index (κ2) is 6.83. The molecular formula is C12H26N2O. The normalized spacial score (nSPS) is 13.7. The van der Waals surface area contributed by atoms with Gasteiger partial charge in [0.05, 0.1) is 6.54 Å². The van der Waals surface area contributed by atoms with E-state index in [9.17, 15) is 4.79 Å². The van der Waals surface area contributed by atoms with Crippen LogP contribution in [0.25, 0.3) is 0 Å². The fraction of sp³-hybridized carbons (Fsp3) is 0.917. The summed E-state index contributed by atoms with van der Waals surface area (Å²) in [4.78, 5) is 11.4. The lowest BCUT2D eigenvalue weighted by Gasteiger charge is -2.21. The summed E-state index contributed by atoms with van der Waals surface area (Å²) in [5.74, 6) is 0.726. The predicted octanol–water partition coefficient (Wildman–Crippen LogP) is 1.93. The van der Waals surface area contributed by atoms with Gasteiger partial charge in [-0.3, -0.25) is 4.79 Å². The average molecular weight is 214 g/mol. The molecule has 3 heteroatoms. The van der Waals surface area contributed by atoms with E-state index in [4.69, 9.17) is 0 Å². The molecule has 0 heterocycles. The van der Waals surface area contributed by atoms with Crippen LogP contribution in [-0.4, -0.2) is 24.5 Å². The molecule has 0 aliphatic carbocycles. The van der Waals surface area contributed by atoms with Gasteiger partial charge in [-0.25, -0.2) is 0 Å². The maximum Gasteiger partial charge on any atom is 0.234 e. The minimum Gasteiger partial charge on any atom is -0.350 e. The van der Waals surface area contributed by atoms with Gasteiger partial charge in [0.15, 0.2) is 0 Å². The van der Waals surface area contributed by atoms with Crippen molar-refractivity contribution in [1.29, 1.82) is 0 Å². The van der Waals surface area contributed by atoms with Crippen molar-refractivity contribution in [2.24, 2.45) is 5.92 Å². The van der Waals surface area contributed by atoms with Crippen LogP contribution in [0.1, 0.15) is 47.5 Å². The fourth-order valence-electron chi connectivity index (χ4n) is 1.49. The molecule has 0 radical (unpaired) electrons. The van der Waals surface area contributed by atoms with Gasteiger partial charge >= 0.3 is 0 Å². The first kappa shape index (κ1) is 14.4. The summed E-state index contributed by atoms with van der Waals surface area (Å²) in [5.41, 5.74) is -0.131. The minimum atomic E-state index is -0.131. The van der Waals surface area contributed by atoms with Gasteiger partial charge < -0.3 is 10.6 Å². The summed E-state index contributed by atoms with van der Waals surface area (Å²) >= 11 is 0. The van der Waals surface area contributed by atoms with Crippen LogP contribution in [0.4, 0.5) is 0 Å². The standard InChI is InChI=1S/C12H26N2O/c1-6-7-10(2)8-13-9-11(15)14-12(3,4)5/h10,13H,6-9H2,1-5H3,(H,14,15). The van der Waals surface area contributed by atoms with Gasteiger partial charge in [-0.05, 0) is 39.7 Å². The van der Waals surface area contributed by atoms with Crippen molar-refractivity contribution in [1.82, 2.24) is 10.6 Å². The Kier molecular flexibility index (Phi) is 6.57. The predicted molar refractivity (Wildman–Crippen MR) is 64.8 cm³/mol. The molecule has 1 amide bonds. The smallest absolute Gasteiger partial charge is 0.234 e. The second-order valence-corrected chi connectivity index (χ2v) is 5.32. The Morgan fingerprint density at radius 3 is 2.40 bits per heavy atom. The molecular weight excluding hydrogens is 188 g/mol. The van der Waals surface area contributed by atoms with Crippen LogP contribution in [0.2, 0.25) is 0 Å². The van der Waals surface area contributed by atoms with Gasteiger partial charge in [0.25, 0.3) is 0 Å². The summed E-state index contributed by atoms with van der Waals surface area (Å²) in [7, 11) is 0. The van der Waals surface area contributed by atoms with E-state index in [2.05, 4.69) is 24.5 Å². The molecule has 0 aromatic carbocycles. The zero-order valence-corrected chi connectivity index (χ0v) is 10.8. The zero-order valence-electron chi connectivity index (χ0n) is 10.8. The van der Waals surface area contributed by atoms with E-state index in [1.165, 1.54) is 12.8 Å². The Balaban J connectivity index is 3.55. The lowest BCUT2D eigenvalue weighted by atomic mass is 10.1. The molecule has 1 unspecified atom stereocenters. The van der Waals surface area contributed by atoms with E-state index in [1.54, 1.807) is 0 Å². The molecule has 0 aliphatic rings. The fourth-order valence-corrected chi connectivity index (χ4v) is 1.49. The number of hydrogen-bond donors (Lipinski definition) is 2. The molecule has 0 fully saturated rings. The number of hydrogen-bond acceptors (Lipinski definition) is 2. The van der Waals surface area contributed by atoms with Gasteiger partial charge in [-0.15, -0.1) is 0 Å². The van der Waals surface area contributed by atoms with Crippen molar-refractivity contribution in [2.75, 3.05) is 13.1 Å². The molecule has 0 saturated carbocycles. The minimum absolute atomic E-state index is 0.0752. The zero-order chi connectivity index (χ0) is 11.9. The molecule has 0 aliphatic heterocycles. The Hall–Kier alpha value is -0.570. The number of nitrogens with one attached hydrogen (secondary N) is 2. The Bertz CT molecular complexity index is 185. The van der Waals surface area contributed by atoms with Crippen LogP contribution in [-0.2, 0) is 4.79 Å². The maximum atomic E-state index is 11.4. The third kappa shape index (κ3) is 9.73. The van der Waals surface area contributed by atoms with Crippen molar-refractivity contribution >= 4 is 5.91 Å². The molecule has 15 heavy (non-hydrogen) atoms. The summed E-state index contributed by atoms with van der Waals surface area (Å²) in [6.07, 6.45) is 2.42. The quantitative estimate of drug-likeness (QED) is 0.709. The highest BCUT2D eigenvalue weighted by atomic mass is 16.2. The monoisotopic (exact) mass is 214 g/mol. The highest BCUT2D eigenvalue weighted by Crippen LogP contribution is 2.02. The van der Waals surface area contributed by atoms with E-state index in [0.717, 1.165) is 6.54 Å². The summed E-state index contributed by atoms with van der Waals surface area (Å²) in [6, 6.07) is 0. The van der Waals surface area contributed by atoms with E-state index in [0.29, 0.717) is 12.5 Å². The number of carbonyl (C=O) groups is 1. The molecule has 0 aromatic rings. The van der Waals surface area contributed by atoms with Gasteiger partial charge in [0.2, 0.25) is 5.91 Å². The molecule has 3 nitrogen and oxygen atoms in total. The van der Waals surface area contributed by atoms with Gasteiger partial charge in [0.1, 0.15) is 0 Å². The molecule has 0 bridgehead atoms. The van der Waals surface area contributed by atoms with Gasteiger partial charge in [-0.2, -0.15) is 0 Å². The number of carbonyl (C=O) groups excluding carboxylic acids is 1. The van der Waals surface area contributed by atoms with Crippen molar-refractivity contribution in [3.8, 4) is 0 Å². The molecule has 0 aromatic heterocycles. The van der Waals surface area contributed by atoms with Crippen LogP contribution >= 0.6 is 0 Å². The van der Waals surface area contributed by atoms with Crippen molar-refractivity contribution in [2.45, 2.75) is 53.0 Å². The summed E-state index contributed by atoms with van der Waals surface area (Å²) < 4.78 is 0. The van der Waals surface area contributed by atoms with Crippen LogP contribution in [0.15, 0.2) is 0 Å². The maximum absolute atomic E-state index is 11.4. The molecule has 2 N–H and O–H groups in total. The Morgan fingerprint density at radius 1 is 1.33 bits per heavy atom. The van der Waals surface area contributed by atoms with E-state index >= 15 is 0 Å². The molecule has 0 rings (SSSR count). The summed E-state index contributed by atoms with van der Waals surface area (Å²) in [5, 5.41) is 6.10. The SMILES string of the molecule is CCCC(C)CNCC(=O)NC(C)(C)C. The largest absolute Gasteiger partial charge is 0.350 e. The van der Waals surface area contributed by atoms with E-state index in [1.807, 2.05) is 20.8 Å². The van der Waals surface area contributed by atoms with Crippen molar-refractivity contribution in [3.05, 3.63) is 0 Å². The lowest BCUT2D eigenvalue weighted by Crippen LogP contribution is -2.45. The van der Waals surface area contributed by atoms with E-state index < -0.39 is 0 Å². The Morgan fingerprint density at radius 2 is 1.93 bits per heavy atom. The second-order valence-electron chi connectivity index (χ2n) is 5.32. The number of amides is 1. The first-order valence-corrected chi connectivity index (χ1v) is 5.87. The molecule has 0 saturated heterocycles. The molecule has 90 valence electrons. The molecule has 0 spiro atoms. The van der Waals surface area contributed by atoms with Crippen LogP contribution in [0.3, 0.4) is 0 Å². The van der Waals surface area contributed by atoms with Crippen LogP contribution < -0.4 is 10.6 Å². The molecule has 1 atom stereocenters. The van der Waals surface area contributed by atoms with Crippen LogP contribution in [0, 0.1) is 5.92 Å². The average Bonchev–Trinajstić information content (AvgIpc) is 2.00. The van der Waals surface area contributed by atoms with Crippen molar-refractivity contribution in [3.63, 3.8) is 0 Å².